The molecule has 12 heteroatoms. The lowest BCUT2D eigenvalue weighted by atomic mass is 9.91. The highest BCUT2D eigenvalue weighted by Gasteiger charge is 2.68. The number of rotatable bonds is 3. The topological polar surface area (TPSA) is 113 Å². The van der Waals surface area contributed by atoms with Crippen molar-refractivity contribution < 1.29 is 27.2 Å². The van der Waals surface area contributed by atoms with Crippen LogP contribution in [0.15, 0.2) is 64.2 Å². The van der Waals surface area contributed by atoms with Crippen molar-refractivity contribution in [1.82, 2.24) is 14.9 Å². The summed E-state index contributed by atoms with van der Waals surface area (Å²) in [5.74, 6) is -5.31. The number of nitrogens with zero attached hydrogens (tertiary/aromatic N) is 1. The zero-order valence-electron chi connectivity index (χ0n) is 15.8. The van der Waals surface area contributed by atoms with Gasteiger partial charge in [-0.05, 0) is 24.3 Å². The first kappa shape index (κ1) is 21.0. The Hall–Kier alpha value is -4.22. The van der Waals surface area contributed by atoms with E-state index in [0.717, 1.165) is 12.1 Å². The Labute approximate surface area is 175 Å². The summed E-state index contributed by atoms with van der Waals surface area (Å²) in [7, 11) is 0. The average Bonchev–Trinajstić information content (AvgIpc) is 3.02. The number of para-hydroxylation sites is 1. The number of anilines is 1. The molecule has 2 aromatic carbocycles. The van der Waals surface area contributed by atoms with Crippen molar-refractivity contribution in [2.45, 2.75) is 11.7 Å². The number of H-pyrrole nitrogens is 1. The van der Waals surface area contributed by atoms with E-state index in [-0.39, 0.29) is 5.69 Å². The van der Waals surface area contributed by atoms with Crippen molar-refractivity contribution in [2.24, 2.45) is 0 Å². The van der Waals surface area contributed by atoms with E-state index >= 15 is 0 Å². The number of hydrogen-bond acceptors (Lipinski definition) is 4. The molecule has 1 aliphatic heterocycles. The fourth-order valence-electron chi connectivity index (χ4n) is 3.48. The van der Waals surface area contributed by atoms with Crippen molar-refractivity contribution in [1.29, 1.82) is 0 Å². The number of alkyl halides is 3. The van der Waals surface area contributed by atoms with E-state index in [9.17, 15) is 36.7 Å². The highest BCUT2D eigenvalue weighted by molar-refractivity contribution is 6.09. The number of nitrogens with one attached hydrogen (secondary N) is 3. The molecular weight excluding hydrogens is 436 g/mol. The largest absolute Gasteiger partial charge is 0.425 e. The number of halogens is 4. The lowest BCUT2D eigenvalue weighted by molar-refractivity contribution is -0.196. The Morgan fingerprint density at radius 2 is 1.59 bits per heavy atom. The van der Waals surface area contributed by atoms with Crippen LogP contribution in [0.5, 0.6) is 0 Å². The van der Waals surface area contributed by atoms with Crippen LogP contribution < -0.4 is 21.9 Å². The number of carbonyl (C=O) groups is 2. The number of aromatic nitrogens is 2. The summed E-state index contributed by atoms with van der Waals surface area (Å²) >= 11 is 0. The van der Waals surface area contributed by atoms with Crippen LogP contribution in [0.4, 0.5) is 23.4 Å². The third kappa shape index (κ3) is 2.99. The van der Waals surface area contributed by atoms with Crippen molar-refractivity contribution in [3.8, 4) is 5.69 Å². The zero-order valence-corrected chi connectivity index (χ0v) is 15.8. The summed E-state index contributed by atoms with van der Waals surface area (Å²) in [5, 5.41) is 3.37. The standard InChI is InChI=1S/C20H12F4N4O4/c21-12-9-5-4-8-11(12)15(29)27-19(20(22,23)24)13-14(25-17(19)31)28(18(32)26-16(13)30)10-6-2-1-3-7-10/h1-9H,(H,25,31)(H,27,29)(H,26,30,32). The van der Waals surface area contributed by atoms with Gasteiger partial charge in [0.05, 0.1) is 11.3 Å². The molecule has 0 bridgehead atoms. The van der Waals surface area contributed by atoms with E-state index in [0.29, 0.717) is 4.57 Å². The van der Waals surface area contributed by atoms with Gasteiger partial charge in [-0.15, -0.1) is 0 Å². The molecule has 8 nitrogen and oxygen atoms in total. The molecule has 0 fully saturated rings. The van der Waals surface area contributed by atoms with Gasteiger partial charge < -0.3 is 10.6 Å². The maximum absolute atomic E-state index is 14.3. The van der Waals surface area contributed by atoms with E-state index in [1.54, 1.807) is 11.1 Å². The number of benzene rings is 2. The maximum atomic E-state index is 14.3. The third-order valence-electron chi connectivity index (χ3n) is 4.92. The Morgan fingerprint density at radius 1 is 0.969 bits per heavy atom. The van der Waals surface area contributed by atoms with Gasteiger partial charge in [-0.3, -0.25) is 19.4 Å². The molecule has 3 N–H and O–H groups in total. The number of aromatic amines is 1. The molecule has 0 saturated heterocycles. The molecule has 1 unspecified atom stereocenters. The van der Waals surface area contributed by atoms with Gasteiger partial charge >= 0.3 is 11.9 Å². The van der Waals surface area contributed by atoms with Gasteiger partial charge in [-0.25, -0.2) is 13.8 Å². The molecule has 3 aromatic rings. The van der Waals surface area contributed by atoms with Gasteiger partial charge in [0.15, 0.2) is 0 Å². The van der Waals surface area contributed by atoms with E-state index < -0.39 is 57.5 Å². The molecule has 1 aliphatic rings. The van der Waals surface area contributed by atoms with Crippen LogP contribution in [0.2, 0.25) is 0 Å². The van der Waals surface area contributed by atoms with Crippen molar-refractivity contribution >= 4 is 17.6 Å². The lowest BCUT2D eigenvalue weighted by Crippen LogP contribution is -2.62. The summed E-state index contributed by atoms with van der Waals surface area (Å²) in [6.07, 6.45) is -5.53. The fourth-order valence-corrected chi connectivity index (χ4v) is 3.48. The van der Waals surface area contributed by atoms with E-state index in [2.05, 4.69) is 0 Å². The molecule has 0 aliphatic carbocycles. The number of fused-ring (bicyclic) bond motifs is 1. The normalized spacial score (nSPS) is 17.6. The monoisotopic (exact) mass is 448 g/mol. The second-order valence-electron chi connectivity index (χ2n) is 6.79. The molecule has 0 spiro atoms. The molecule has 2 heterocycles. The smallest absolute Gasteiger partial charge is 0.326 e. The predicted octanol–water partition coefficient (Wildman–Crippen LogP) is 1.80. The Morgan fingerprint density at radius 3 is 2.22 bits per heavy atom. The highest BCUT2D eigenvalue weighted by Crippen LogP contribution is 2.45. The number of amides is 2. The molecule has 0 saturated carbocycles. The SMILES string of the molecule is O=C(NC1(C(F)(F)F)C(=O)Nc2c1c(=O)[nH]c(=O)n2-c1ccccc1)c1ccccc1F. The van der Waals surface area contributed by atoms with Gasteiger partial charge in [0.1, 0.15) is 17.2 Å². The Kier molecular flexibility index (Phi) is 4.72. The van der Waals surface area contributed by atoms with Gasteiger partial charge in [0.25, 0.3) is 22.9 Å². The lowest BCUT2D eigenvalue weighted by Gasteiger charge is -2.30. The van der Waals surface area contributed by atoms with E-state index in [1.165, 1.54) is 41.7 Å². The highest BCUT2D eigenvalue weighted by atomic mass is 19.4. The zero-order chi connectivity index (χ0) is 23.3. The average molecular weight is 448 g/mol. The second kappa shape index (κ2) is 7.18. The van der Waals surface area contributed by atoms with Crippen molar-refractivity contribution in [3.63, 3.8) is 0 Å². The minimum atomic E-state index is -5.53. The molecule has 32 heavy (non-hydrogen) atoms. The third-order valence-corrected chi connectivity index (χ3v) is 4.92. The van der Waals surface area contributed by atoms with Crippen LogP contribution in [0, 0.1) is 5.82 Å². The maximum Gasteiger partial charge on any atom is 0.425 e. The summed E-state index contributed by atoms with van der Waals surface area (Å²) in [6.45, 7) is 0. The molecule has 4 rings (SSSR count). The second-order valence-corrected chi connectivity index (χ2v) is 6.79. The summed E-state index contributed by atoms with van der Waals surface area (Å²) in [5.41, 5.74) is -8.50. The van der Waals surface area contributed by atoms with Gasteiger partial charge in [0.2, 0.25) is 0 Å². The van der Waals surface area contributed by atoms with Gasteiger partial charge in [0, 0.05) is 0 Å². The van der Waals surface area contributed by atoms with Crippen LogP contribution >= 0.6 is 0 Å². The molecule has 2 amide bonds. The van der Waals surface area contributed by atoms with Gasteiger partial charge in [-0.1, -0.05) is 30.3 Å². The van der Waals surface area contributed by atoms with Gasteiger partial charge in [-0.2, -0.15) is 13.2 Å². The Balaban J connectivity index is 1.99. The summed E-state index contributed by atoms with van der Waals surface area (Å²) in [4.78, 5) is 51.9. The van der Waals surface area contributed by atoms with Crippen LogP contribution in [-0.4, -0.2) is 27.5 Å². The first-order valence-corrected chi connectivity index (χ1v) is 8.98. The molecule has 0 radical (unpaired) electrons. The first-order valence-electron chi connectivity index (χ1n) is 8.98. The minimum absolute atomic E-state index is 0.0451. The number of carbonyl (C=O) groups excluding carboxylic acids is 2. The van der Waals surface area contributed by atoms with Crippen LogP contribution in [-0.2, 0) is 10.3 Å². The van der Waals surface area contributed by atoms with Crippen LogP contribution in [0.3, 0.4) is 0 Å². The van der Waals surface area contributed by atoms with Crippen molar-refractivity contribution in [3.05, 3.63) is 92.4 Å². The van der Waals surface area contributed by atoms with E-state index in [4.69, 9.17) is 0 Å². The molecule has 1 aromatic heterocycles. The molecule has 1 atom stereocenters. The Bertz CT molecular complexity index is 1360. The molecule has 164 valence electrons. The van der Waals surface area contributed by atoms with Crippen LogP contribution in [0.1, 0.15) is 15.9 Å². The minimum Gasteiger partial charge on any atom is -0.326 e. The first-order chi connectivity index (χ1) is 15.1. The quantitative estimate of drug-likeness (QED) is 0.531. The summed E-state index contributed by atoms with van der Waals surface area (Å²) in [6, 6.07) is 11.4. The van der Waals surface area contributed by atoms with Crippen LogP contribution in [0.25, 0.3) is 5.69 Å². The fraction of sp³-hybridized carbons (Fsp3) is 0.100. The number of hydrogen-bond donors (Lipinski definition) is 3. The van der Waals surface area contributed by atoms with Crippen molar-refractivity contribution in [2.75, 3.05) is 5.32 Å². The molecular formula is C20H12F4N4O4. The van der Waals surface area contributed by atoms with E-state index in [1.807, 2.05) is 5.32 Å². The predicted molar refractivity (Wildman–Crippen MR) is 103 cm³/mol. The summed E-state index contributed by atoms with van der Waals surface area (Å²) < 4.78 is 57.6.